The summed E-state index contributed by atoms with van der Waals surface area (Å²) in [6.07, 6.45) is 1.79. The minimum Gasteiger partial charge on any atom is -0.497 e. The Kier molecular flexibility index (Phi) is 4.83. The van der Waals surface area contributed by atoms with Crippen molar-refractivity contribution in [3.05, 3.63) is 58.3 Å². The fourth-order valence-corrected chi connectivity index (χ4v) is 2.86. The van der Waals surface area contributed by atoms with E-state index in [1.54, 1.807) is 13.3 Å². The molecule has 0 bridgehead atoms. The number of hydrogen-bond acceptors (Lipinski definition) is 2. The molecule has 100 valence electrons. The molecule has 1 heterocycles. The minimum atomic E-state index is -0.167. The van der Waals surface area contributed by atoms with E-state index < -0.39 is 0 Å². The summed E-state index contributed by atoms with van der Waals surface area (Å²) in [6.45, 7) is 2.08. The number of alkyl halides is 1. The Morgan fingerprint density at radius 1 is 1.26 bits per heavy atom. The van der Waals surface area contributed by atoms with Gasteiger partial charge in [0.25, 0.3) is 0 Å². The van der Waals surface area contributed by atoms with Crippen molar-refractivity contribution in [3.8, 4) is 5.75 Å². The maximum Gasteiger partial charge on any atom is 0.119 e. The molecule has 2 unspecified atom stereocenters. The van der Waals surface area contributed by atoms with E-state index >= 15 is 0 Å². The zero-order chi connectivity index (χ0) is 13.8. The number of benzene rings is 1. The van der Waals surface area contributed by atoms with Crippen LogP contribution >= 0.6 is 27.5 Å². The van der Waals surface area contributed by atoms with E-state index in [9.17, 15) is 0 Å². The molecule has 0 spiro atoms. The lowest BCUT2D eigenvalue weighted by Gasteiger charge is -2.19. The zero-order valence-corrected chi connectivity index (χ0v) is 13.1. The van der Waals surface area contributed by atoms with Gasteiger partial charge in [-0.3, -0.25) is 4.98 Å². The summed E-state index contributed by atoms with van der Waals surface area (Å²) in [5.74, 6) is 0.920. The van der Waals surface area contributed by atoms with E-state index in [0.29, 0.717) is 0 Å². The fraction of sp³-hybridized carbons (Fsp3) is 0.267. The number of rotatable bonds is 4. The van der Waals surface area contributed by atoms with Gasteiger partial charge in [0.05, 0.1) is 12.5 Å². The number of nitrogens with zero attached hydrogens (tertiary/aromatic N) is 1. The predicted molar refractivity (Wildman–Crippen MR) is 81.9 cm³/mol. The molecule has 1 aromatic carbocycles. The Morgan fingerprint density at radius 3 is 2.68 bits per heavy atom. The second-order valence-corrected chi connectivity index (χ2v) is 5.66. The van der Waals surface area contributed by atoms with Crippen molar-refractivity contribution in [2.75, 3.05) is 7.11 Å². The van der Waals surface area contributed by atoms with E-state index in [0.717, 1.165) is 21.5 Å². The van der Waals surface area contributed by atoms with Gasteiger partial charge in [0.15, 0.2) is 0 Å². The third-order valence-corrected chi connectivity index (χ3v) is 4.43. The van der Waals surface area contributed by atoms with E-state index in [-0.39, 0.29) is 11.3 Å². The molecule has 0 amide bonds. The lowest BCUT2D eigenvalue weighted by molar-refractivity contribution is 0.414. The summed E-state index contributed by atoms with van der Waals surface area (Å²) < 4.78 is 6.23. The summed E-state index contributed by atoms with van der Waals surface area (Å²) in [5.41, 5.74) is 2.00. The second-order valence-electron chi connectivity index (χ2n) is 4.33. The number of hydrogen-bond donors (Lipinski definition) is 0. The lowest BCUT2D eigenvalue weighted by atomic mass is 9.97. The van der Waals surface area contributed by atoms with Crippen LogP contribution in [0, 0.1) is 0 Å². The van der Waals surface area contributed by atoms with Gasteiger partial charge in [-0.1, -0.05) is 28.9 Å². The Labute approximate surface area is 126 Å². The minimum absolute atomic E-state index is 0.117. The van der Waals surface area contributed by atoms with Crippen LogP contribution in [0.4, 0.5) is 0 Å². The van der Waals surface area contributed by atoms with Gasteiger partial charge in [-0.15, -0.1) is 11.6 Å². The standard InChI is InChI=1S/C15H15BrClNO/c1-10(14-5-3-4-8-18-14)15(17)12-9-11(19-2)6-7-13(12)16/h3-10,15H,1-2H3. The normalized spacial score (nSPS) is 13.9. The first-order chi connectivity index (χ1) is 9.13. The van der Waals surface area contributed by atoms with Crippen molar-refractivity contribution in [1.29, 1.82) is 0 Å². The van der Waals surface area contributed by atoms with Crippen LogP contribution in [0.1, 0.15) is 29.5 Å². The molecule has 0 radical (unpaired) electrons. The van der Waals surface area contributed by atoms with Crippen molar-refractivity contribution in [2.24, 2.45) is 0 Å². The predicted octanol–water partition coefficient (Wildman–Crippen LogP) is 4.94. The van der Waals surface area contributed by atoms with Gasteiger partial charge >= 0.3 is 0 Å². The molecule has 0 saturated carbocycles. The lowest BCUT2D eigenvalue weighted by Crippen LogP contribution is -2.05. The first-order valence-electron chi connectivity index (χ1n) is 6.02. The average molecular weight is 341 g/mol. The number of aromatic nitrogens is 1. The molecule has 0 N–H and O–H groups in total. The quantitative estimate of drug-likeness (QED) is 0.736. The molecule has 1 aromatic heterocycles. The number of halogens is 2. The summed E-state index contributed by atoms with van der Waals surface area (Å²) in [7, 11) is 1.65. The Morgan fingerprint density at radius 2 is 2.05 bits per heavy atom. The number of methoxy groups -OCH3 is 1. The Balaban J connectivity index is 2.31. The topological polar surface area (TPSA) is 22.1 Å². The van der Waals surface area contributed by atoms with Gasteiger partial charge < -0.3 is 4.74 Å². The average Bonchev–Trinajstić information content (AvgIpc) is 2.47. The van der Waals surface area contributed by atoms with Crippen LogP contribution in [-0.4, -0.2) is 12.1 Å². The molecule has 0 saturated heterocycles. The molecule has 2 atom stereocenters. The molecule has 0 fully saturated rings. The van der Waals surface area contributed by atoms with Crippen molar-refractivity contribution in [3.63, 3.8) is 0 Å². The van der Waals surface area contributed by atoms with Crippen molar-refractivity contribution in [1.82, 2.24) is 4.98 Å². The van der Waals surface area contributed by atoms with Crippen LogP contribution < -0.4 is 4.74 Å². The molecule has 0 aliphatic rings. The van der Waals surface area contributed by atoms with E-state index in [1.165, 1.54) is 0 Å². The van der Waals surface area contributed by atoms with Crippen LogP contribution in [0.25, 0.3) is 0 Å². The molecule has 4 heteroatoms. The summed E-state index contributed by atoms with van der Waals surface area (Å²) in [6, 6.07) is 11.7. The summed E-state index contributed by atoms with van der Waals surface area (Å²) in [5, 5.41) is -0.167. The van der Waals surface area contributed by atoms with Crippen molar-refractivity contribution >= 4 is 27.5 Å². The van der Waals surface area contributed by atoms with Crippen LogP contribution in [0.2, 0.25) is 0 Å². The third-order valence-electron chi connectivity index (χ3n) is 3.09. The van der Waals surface area contributed by atoms with E-state index in [4.69, 9.17) is 16.3 Å². The van der Waals surface area contributed by atoms with Gasteiger partial charge in [-0.2, -0.15) is 0 Å². The third kappa shape index (κ3) is 3.28. The van der Waals surface area contributed by atoms with Crippen LogP contribution in [0.15, 0.2) is 47.1 Å². The highest BCUT2D eigenvalue weighted by atomic mass is 79.9. The van der Waals surface area contributed by atoms with Gasteiger partial charge in [0.1, 0.15) is 5.75 Å². The van der Waals surface area contributed by atoms with Gasteiger partial charge in [0.2, 0.25) is 0 Å². The van der Waals surface area contributed by atoms with E-state index in [1.807, 2.05) is 36.4 Å². The first-order valence-corrected chi connectivity index (χ1v) is 7.25. The highest BCUT2D eigenvalue weighted by Gasteiger charge is 2.22. The van der Waals surface area contributed by atoms with Crippen LogP contribution in [0.3, 0.4) is 0 Å². The maximum atomic E-state index is 6.60. The molecular formula is C15H15BrClNO. The maximum absolute atomic E-state index is 6.60. The van der Waals surface area contributed by atoms with Gasteiger partial charge in [0, 0.05) is 22.3 Å². The number of pyridine rings is 1. The molecular weight excluding hydrogens is 326 g/mol. The Bertz CT molecular complexity index is 547. The molecule has 2 nitrogen and oxygen atoms in total. The monoisotopic (exact) mass is 339 g/mol. The summed E-state index contributed by atoms with van der Waals surface area (Å²) >= 11 is 10.1. The van der Waals surface area contributed by atoms with Gasteiger partial charge in [-0.25, -0.2) is 0 Å². The first kappa shape index (κ1) is 14.4. The molecule has 19 heavy (non-hydrogen) atoms. The zero-order valence-electron chi connectivity index (χ0n) is 10.8. The SMILES string of the molecule is COc1ccc(Br)c(C(Cl)C(C)c2ccccn2)c1. The molecule has 2 aromatic rings. The highest BCUT2D eigenvalue weighted by molar-refractivity contribution is 9.10. The molecule has 0 aliphatic heterocycles. The smallest absolute Gasteiger partial charge is 0.119 e. The molecule has 2 rings (SSSR count). The number of ether oxygens (including phenoxy) is 1. The van der Waals surface area contributed by atoms with Crippen LogP contribution in [0.5, 0.6) is 5.75 Å². The largest absolute Gasteiger partial charge is 0.497 e. The van der Waals surface area contributed by atoms with Crippen LogP contribution in [-0.2, 0) is 0 Å². The van der Waals surface area contributed by atoms with Crippen molar-refractivity contribution < 1.29 is 4.74 Å². The van der Waals surface area contributed by atoms with Gasteiger partial charge in [-0.05, 0) is 35.9 Å². The fourth-order valence-electron chi connectivity index (χ4n) is 1.92. The molecule has 0 aliphatic carbocycles. The van der Waals surface area contributed by atoms with Crippen molar-refractivity contribution in [2.45, 2.75) is 18.2 Å². The highest BCUT2D eigenvalue weighted by Crippen LogP contribution is 2.39. The second kappa shape index (κ2) is 6.40. The van der Waals surface area contributed by atoms with E-state index in [2.05, 4.69) is 27.8 Å². The summed E-state index contributed by atoms with van der Waals surface area (Å²) in [4.78, 5) is 4.37. The Hall–Kier alpha value is -1.06.